The molecule has 1 atom stereocenters. The average Bonchev–Trinajstić information content (AvgIpc) is 3.35. The van der Waals surface area contributed by atoms with Crippen LogP contribution in [0.25, 0.3) is 0 Å². The van der Waals surface area contributed by atoms with Crippen LogP contribution in [-0.4, -0.2) is 30.5 Å². The third-order valence-electron chi connectivity index (χ3n) is 4.63. The minimum atomic E-state index is -0.375. The Bertz CT molecular complexity index is 986. The van der Waals surface area contributed by atoms with Gasteiger partial charge in [0.05, 0.1) is 11.8 Å². The lowest BCUT2D eigenvalue weighted by Crippen LogP contribution is -2.34. The Morgan fingerprint density at radius 1 is 1.26 bits per heavy atom. The number of benzene rings is 1. The van der Waals surface area contributed by atoms with Crippen LogP contribution in [0.3, 0.4) is 0 Å². The largest absolute Gasteiger partial charge is 0.348 e. The first kappa shape index (κ1) is 17.0. The van der Waals surface area contributed by atoms with Gasteiger partial charge in [-0.15, -0.1) is 0 Å². The molecule has 0 saturated heterocycles. The second-order valence-electron chi connectivity index (χ2n) is 6.39. The summed E-state index contributed by atoms with van der Waals surface area (Å²) in [7, 11) is 0. The van der Waals surface area contributed by atoms with E-state index >= 15 is 0 Å². The normalized spacial score (nSPS) is 16.0. The number of fused-ring (bicyclic) bond motifs is 1. The first-order chi connectivity index (χ1) is 13.2. The molecule has 8 heteroatoms. The molecule has 0 unspecified atom stereocenters. The summed E-state index contributed by atoms with van der Waals surface area (Å²) in [5.41, 5.74) is 3.31. The number of nitrogens with one attached hydrogen (secondary N) is 2. The summed E-state index contributed by atoms with van der Waals surface area (Å²) >= 11 is 0. The number of rotatable bonds is 5. The molecule has 0 bridgehead atoms. The minimum Gasteiger partial charge on any atom is -0.348 e. The summed E-state index contributed by atoms with van der Waals surface area (Å²) in [6, 6.07) is 9.46. The summed E-state index contributed by atoms with van der Waals surface area (Å²) < 4.78 is 3.56. The van der Waals surface area contributed by atoms with Gasteiger partial charge in [-0.25, -0.2) is 4.68 Å². The summed E-state index contributed by atoms with van der Waals surface area (Å²) in [6.07, 6.45) is 5.21. The molecule has 2 aromatic heterocycles. The Hall–Kier alpha value is -3.42. The number of anilines is 1. The van der Waals surface area contributed by atoms with Crippen LogP contribution in [0, 0.1) is 0 Å². The molecule has 1 aliphatic heterocycles. The zero-order valence-corrected chi connectivity index (χ0v) is 15.3. The van der Waals surface area contributed by atoms with Crippen LogP contribution in [0.1, 0.15) is 31.0 Å². The maximum atomic E-state index is 13.1. The molecule has 0 radical (unpaired) electrons. The van der Waals surface area contributed by atoms with Crippen molar-refractivity contribution in [1.82, 2.24) is 29.9 Å². The molecule has 1 amide bonds. The molecule has 3 aromatic rings. The van der Waals surface area contributed by atoms with Crippen LogP contribution in [-0.2, 0) is 17.9 Å². The van der Waals surface area contributed by atoms with Crippen molar-refractivity contribution in [3.63, 3.8) is 0 Å². The van der Waals surface area contributed by atoms with Crippen LogP contribution in [0.15, 0.2) is 60.3 Å². The summed E-state index contributed by atoms with van der Waals surface area (Å²) in [5, 5.41) is 14.9. The Kier molecular flexibility index (Phi) is 4.45. The van der Waals surface area contributed by atoms with Crippen molar-refractivity contribution in [1.29, 1.82) is 0 Å². The van der Waals surface area contributed by atoms with Gasteiger partial charge in [0, 0.05) is 30.5 Å². The van der Waals surface area contributed by atoms with Crippen molar-refractivity contribution < 1.29 is 4.79 Å². The third kappa shape index (κ3) is 3.21. The average molecular weight is 363 g/mol. The number of aryl methyl sites for hydroxylation is 1. The van der Waals surface area contributed by atoms with E-state index in [9.17, 15) is 4.79 Å². The van der Waals surface area contributed by atoms with E-state index in [1.807, 2.05) is 55.1 Å². The van der Waals surface area contributed by atoms with Crippen LogP contribution in [0.4, 0.5) is 5.95 Å². The summed E-state index contributed by atoms with van der Waals surface area (Å²) in [4.78, 5) is 17.3. The minimum absolute atomic E-state index is 0.140. The van der Waals surface area contributed by atoms with Gasteiger partial charge in [-0.3, -0.25) is 9.48 Å². The monoisotopic (exact) mass is 363 g/mol. The van der Waals surface area contributed by atoms with E-state index in [1.54, 1.807) is 10.9 Å². The Morgan fingerprint density at radius 3 is 2.81 bits per heavy atom. The highest BCUT2D eigenvalue weighted by Gasteiger charge is 2.34. The highest BCUT2D eigenvalue weighted by Crippen LogP contribution is 2.34. The van der Waals surface area contributed by atoms with E-state index in [1.165, 1.54) is 6.33 Å². The molecule has 8 nitrogen and oxygen atoms in total. The van der Waals surface area contributed by atoms with Crippen molar-refractivity contribution in [2.45, 2.75) is 33.0 Å². The van der Waals surface area contributed by atoms with Gasteiger partial charge in [-0.1, -0.05) is 30.3 Å². The zero-order chi connectivity index (χ0) is 18.8. The number of carbonyl (C=O) groups is 1. The lowest BCUT2D eigenvalue weighted by Gasteiger charge is -2.27. The standard InChI is InChI=1S/C19H21N7O/c1-3-25-11-15(10-22-25)17-16(13(2)24-19-21-12-23-26(17)19)18(27)20-9-14-7-5-4-6-8-14/h4-8,10-12,17H,3,9H2,1-2H3,(H,20,27)(H,21,23,24)/t17-/m0/s1. The van der Waals surface area contributed by atoms with Gasteiger partial charge >= 0.3 is 0 Å². The molecule has 4 rings (SSSR count). The number of amides is 1. The molecule has 1 aromatic carbocycles. The molecule has 1 aliphatic rings. The van der Waals surface area contributed by atoms with Crippen molar-refractivity contribution in [2.75, 3.05) is 5.32 Å². The first-order valence-electron chi connectivity index (χ1n) is 8.89. The summed E-state index contributed by atoms with van der Waals surface area (Å²) in [6.45, 7) is 5.12. The number of carbonyl (C=O) groups excluding carboxylic acids is 1. The maximum absolute atomic E-state index is 13.1. The Labute approximate surface area is 156 Å². The number of aromatic nitrogens is 5. The predicted octanol–water partition coefficient (Wildman–Crippen LogP) is 2.10. The van der Waals surface area contributed by atoms with E-state index in [4.69, 9.17) is 0 Å². The highest BCUT2D eigenvalue weighted by atomic mass is 16.1. The highest BCUT2D eigenvalue weighted by molar-refractivity contribution is 5.96. The van der Waals surface area contributed by atoms with E-state index in [0.29, 0.717) is 18.1 Å². The van der Waals surface area contributed by atoms with Crippen LogP contribution < -0.4 is 10.6 Å². The maximum Gasteiger partial charge on any atom is 0.251 e. The topological polar surface area (TPSA) is 89.7 Å². The fourth-order valence-electron chi connectivity index (χ4n) is 3.26. The second kappa shape index (κ2) is 7.06. The molecule has 2 N–H and O–H groups in total. The Morgan fingerprint density at radius 2 is 2.07 bits per heavy atom. The van der Waals surface area contributed by atoms with Gasteiger partial charge in [0.15, 0.2) is 0 Å². The molecule has 27 heavy (non-hydrogen) atoms. The number of nitrogens with zero attached hydrogens (tertiary/aromatic N) is 5. The van der Waals surface area contributed by atoms with E-state index < -0.39 is 0 Å². The molecular weight excluding hydrogens is 342 g/mol. The van der Waals surface area contributed by atoms with Crippen LogP contribution in [0.2, 0.25) is 0 Å². The van der Waals surface area contributed by atoms with Crippen molar-refractivity contribution >= 4 is 11.9 Å². The van der Waals surface area contributed by atoms with Gasteiger partial charge in [0.2, 0.25) is 5.95 Å². The molecular formula is C19H21N7O. The van der Waals surface area contributed by atoms with Crippen molar-refractivity contribution in [3.05, 3.63) is 71.4 Å². The zero-order valence-electron chi connectivity index (χ0n) is 15.3. The molecule has 0 spiro atoms. The SMILES string of the molecule is CCn1cc([C@H]2C(C(=O)NCc3ccccc3)=C(C)Nc3ncnn32)cn1. The fraction of sp³-hybridized carbons (Fsp3) is 0.263. The second-order valence-corrected chi connectivity index (χ2v) is 6.39. The lowest BCUT2D eigenvalue weighted by molar-refractivity contribution is -0.118. The molecule has 3 heterocycles. The van der Waals surface area contributed by atoms with E-state index in [-0.39, 0.29) is 11.9 Å². The van der Waals surface area contributed by atoms with Gasteiger partial charge in [-0.2, -0.15) is 15.2 Å². The number of hydrogen-bond donors (Lipinski definition) is 2. The molecule has 0 fully saturated rings. The Balaban J connectivity index is 1.66. The third-order valence-corrected chi connectivity index (χ3v) is 4.63. The van der Waals surface area contributed by atoms with E-state index in [2.05, 4.69) is 25.8 Å². The van der Waals surface area contributed by atoms with Gasteiger partial charge in [0.1, 0.15) is 12.4 Å². The van der Waals surface area contributed by atoms with Gasteiger partial charge in [0.25, 0.3) is 5.91 Å². The van der Waals surface area contributed by atoms with Crippen LogP contribution in [0.5, 0.6) is 0 Å². The van der Waals surface area contributed by atoms with Gasteiger partial charge in [-0.05, 0) is 19.4 Å². The first-order valence-corrected chi connectivity index (χ1v) is 8.89. The fourth-order valence-corrected chi connectivity index (χ4v) is 3.26. The summed E-state index contributed by atoms with van der Waals surface area (Å²) in [5.74, 6) is 0.473. The lowest BCUT2D eigenvalue weighted by atomic mass is 9.97. The smallest absolute Gasteiger partial charge is 0.251 e. The van der Waals surface area contributed by atoms with Crippen LogP contribution >= 0.6 is 0 Å². The molecule has 138 valence electrons. The van der Waals surface area contributed by atoms with Gasteiger partial charge < -0.3 is 10.6 Å². The van der Waals surface area contributed by atoms with E-state index in [0.717, 1.165) is 23.4 Å². The predicted molar refractivity (Wildman–Crippen MR) is 101 cm³/mol. The van der Waals surface area contributed by atoms with Crippen molar-refractivity contribution in [2.24, 2.45) is 0 Å². The quantitative estimate of drug-likeness (QED) is 0.725. The molecule has 0 saturated carbocycles. The van der Waals surface area contributed by atoms with Crippen molar-refractivity contribution in [3.8, 4) is 0 Å². The number of allylic oxidation sites excluding steroid dienone is 1. The number of hydrogen-bond acceptors (Lipinski definition) is 5. The molecule has 0 aliphatic carbocycles.